The third-order valence-electron chi connectivity index (χ3n) is 4.67. The summed E-state index contributed by atoms with van der Waals surface area (Å²) in [5, 5.41) is 0. The zero-order chi connectivity index (χ0) is 19.6. The molecule has 0 aliphatic carbocycles. The fourth-order valence-corrected chi connectivity index (χ4v) is 3.04. The van der Waals surface area contributed by atoms with Crippen molar-refractivity contribution in [3.63, 3.8) is 0 Å². The van der Waals surface area contributed by atoms with Gasteiger partial charge in [-0.05, 0) is 63.1 Å². The average Bonchev–Trinajstić information content (AvgIpc) is 3.42. The van der Waals surface area contributed by atoms with Crippen molar-refractivity contribution >= 4 is 11.4 Å². The summed E-state index contributed by atoms with van der Waals surface area (Å²) in [6.45, 7) is 7.67. The smallest absolute Gasteiger partial charge is 0.0845 e. The Hall–Kier alpha value is -2.95. The molecule has 3 aromatic heterocycles. The molecule has 0 aliphatic heterocycles. The van der Waals surface area contributed by atoms with E-state index < -0.39 is 0 Å². The van der Waals surface area contributed by atoms with Gasteiger partial charge in [-0.25, -0.2) is 4.98 Å². The van der Waals surface area contributed by atoms with Gasteiger partial charge in [-0.2, -0.15) is 0 Å². The summed E-state index contributed by atoms with van der Waals surface area (Å²) >= 11 is 0. The third kappa shape index (κ3) is 6.05. The maximum absolute atomic E-state index is 4.76. The predicted octanol–water partition coefficient (Wildman–Crippen LogP) is 4.48. The molecule has 3 heterocycles. The van der Waals surface area contributed by atoms with Crippen LogP contribution < -0.4 is 0 Å². The number of hydrogen-bond donors (Lipinski definition) is 0. The standard InChI is InChI=1S/C23H29N5/c1-20(24-12-8-18-27-14-3-4-15-27)22-10-7-11-23(26-22)21(2)25-13-9-19-28-16-5-6-17-28/h3-7,10-11,14-17H,8-9,12-13,18-19H2,1-2H3. The van der Waals surface area contributed by atoms with E-state index in [1.54, 1.807) is 0 Å². The van der Waals surface area contributed by atoms with Gasteiger partial charge in [0.2, 0.25) is 0 Å². The summed E-state index contributed by atoms with van der Waals surface area (Å²) < 4.78 is 4.36. The fourth-order valence-electron chi connectivity index (χ4n) is 3.04. The van der Waals surface area contributed by atoms with E-state index in [4.69, 9.17) is 15.0 Å². The van der Waals surface area contributed by atoms with Crippen molar-refractivity contribution in [2.75, 3.05) is 13.1 Å². The summed E-state index contributed by atoms with van der Waals surface area (Å²) in [7, 11) is 0. The van der Waals surface area contributed by atoms with Crippen LogP contribution in [0.1, 0.15) is 38.1 Å². The normalized spacial score (nSPS) is 12.5. The predicted molar refractivity (Wildman–Crippen MR) is 116 cm³/mol. The van der Waals surface area contributed by atoms with Crippen LogP contribution in [0.3, 0.4) is 0 Å². The Balaban J connectivity index is 1.51. The summed E-state index contributed by atoms with van der Waals surface area (Å²) in [4.78, 5) is 14.2. The molecule has 3 rings (SSSR count). The molecule has 0 saturated heterocycles. The molecule has 0 spiro atoms. The van der Waals surface area contributed by atoms with Gasteiger partial charge in [0.25, 0.3) is 0 Å². The van der Waals surface area contributed by atoms with E-state index in [2.05, 4.69) is 33.9 Å². The van der Waals surface area contributed by atoms with Crippen molar-refractivity contribution in [1.82, 2.24) is 14.1 Å². The molecule has 5 nitrogen and oxygen atoms in total. The van der Waals surface area contributed by atoms with E-state index in [-0.39, 0.29) is 0 Å². The molecule has 5 heteroatoms. The van der Waals surface area contributed by atoms with Gasteiger partial charge in [0.1, 0.15) is 0 Å². The van der Waals surface area contributed by atoms with Crippen LogP contribution in [0.5, 0.6) is 0 Å². The third-order valence-corrected chi connectivity index (χ3v) is 4.67. The summed E-state index contributed by atoms with van der Waals surface area (Å²) in [5.41, 5.74) is 3.82. The first kappa shape index (κ1) is 19.8. The molecule has 0 atom stereocenters. The SMILES string of the molecule is CC(=NCCCn1cccc1)c1cccc(C(C)=NCCCn2cccc2)n1. The Morgan fingerprint density at radius 1 is 0.714 bits per heavy atom. The van der Waals surface area contributed by atoms with Gasteiger partial charge < -0.3 is 9.13 Å². The minimum atomic E-state index is 0.808. The van der Waals surface area contributed by atoms with E-state index in [9.17, 15) is 0 Å². The van der Waals surface area contributed by atoms with Crippen LogP contribution in [-0.2, 0) is 13.1 Å². The zero-order valence-electron chi connectivity index (χ0n) is 16.8. The quantitative estimate of drug-likeness (QED) is 0.381. The van der Waals surface area contributed by atoms with Gasteiger partial charge in [0, 0.05) is 51.0 Å². The van der Waals surface area contributed by atoms with Gasteiger partial charge in [0.15, 0.2) is 0 Å². The van der Waals surface area contributed by atoms with Crippen LogP contribution in [0.15, 0.2) is 77.2 Å². The van der Waals surface area contributed by atoms with Crippen molar-refractivity contribution in [2.24, 2.45) is 9.98 Å². The maximum Gasteiger partial charge on any atom is 0.0845 e. The van der Waals surface area contributed by atoms with Crippen LogP contribution in [0.2, 0.25) is 0 Å². The molecule has 0 bridgehead atoms. The van der Waals surface area contributed by atoms with Gasteiger partial charge in [0.05, 0.1) is 22.8 Å². The monoisotopic (exact) mass is 375 g/mol. The minimum Gasteiger partial charge on any atom is -0.354 e. The summed E-state index contributed by atoms with van der Waals surface area (Å²) in [6, 6.07) is 14.3. The van der Waals surface area contributed by atoms with Crippen LogP contribution in [-0.4, -0.2) is 38.6 Å². The van der Waals surface area contributed by atoms with Crippen LogP contribution in [0.4, 0.5) is 0 Å². The highest BCUT2D eigenvalue weighted by Crippen LogP contribution is 2.05. The highest BCUT2D eigenvalue weighted by molar-refractivity contribution is 6.00. The largest absolute Gasteiger partial charge is 0.354 e. The topological polar surface area (TPSA) is 47.5 Å². The molecular weight excluding hydrogens is 346 g/mol. The molecule has 0 saturated carbocycles. The van der Waals surface area contributed by atoms with Gasteiger partial charge in [-0.3, -0.25) is 9.98 Å². The molecule has 0 N–H and O–H groups in total. The van der Waals surface area contributed by atoms with E-state index in [1.165, 1.54) is 0 Å². The molecule has 0 amide bonds. The second-order valence-electron chi connectivity index (χ2n) is 6.89. The Morgan fingerprint density at radius 3 is 1.57 bits per heavy atom. The summed E-state index contributed by atoms with van der Waals surface area (Å²) in [5.74, 6) is 0. The molecule has 0 fully saturated rings. The Bertz CT molecular complexity index is 817. The van der Waals surface area contributed by atoms with Crippen LogP contribution >= 0.6 is 0 Å². The second kappa shape index (κ2) is 10.4. The lowest BCUT2D eigenvalue weighted by Gasteiger charge is -2.06. The second-order valence-corrected chi connectivity index (χ2v) is 6.89. The molecule has 0 aliphatic rings. The summed E-state index contributed by atoms with van der Waals surface area (Å²) in [6.07, 6.45) is 10.4. The first-order chi connectivity index (χ1) is 13.7. The molecule has 0 unspecified atom stereocenters. The lowest BCUT2D eigenvalue weighted by atomic mass is 10.2. The van der Waals surface area contributed by atoms with Gasteiger partial charge >= 0.3 is 0 Å². The molecule has 0 aromatic carbocycles. The van der Waals surface area contributed by atoms with E-state index in [0.717, 1.165) is 61.8 Å². The highest BCUT2D eigenvalue weighted by Gasteiger charge is 2.04. The molecule has 0 radical (unpaired) electrons. The lowest BCUT2D eigenvalue weighted by molar-refractivity contribution is 0.654. The number of nitrogens with zero attached hydrogens (tertiary/aromatic N) is 5. The molecule has 28 heavy (non-hydrogen) atoms. The number of rotatable bonds is 10. The van der Waals surface area contributed by atoms with Crippen molar-refractivity contribution in [3.8, 4) is 0 Å². The number of hydrogen-bond acceptors (Lipinski definition) is 3. The highest BCUT2D eigenvalue weighted by atomic mass is 14.9. The number of aromatic nitrogens is 3. The minimum absolute atomic E-state index is 0.808. The zero-order valence-corrected chi connectivity index (χ0v) is 16.8. The van der Waals surface area contributed by atoms with E-state index in [0.29, 0.717) is 0 Å². The van der Waals surface area contributed by atoms with E-state index in [1.807, 2.05) is 56.3 Å². The molecule has 3 aromatic rings. The molecule has 146 valence electrons. The first-order valence-electron chi connectivity index (χ1n) is 9.94. The number of aliphatic imine (C=N–C) groups is 2. The Labute approximate surface area is 167 Å². The first-order valence-corrected chi connectivity index (χ1v) is 9.94. The van der Waals surface area contributed by atoms with Crippen molar-refractivity contribution < 1.29 is 0 Å². The van der Waals surface area contributed by atoms with Crippen molar-refractivity contribution in [2.45, 2.75) is 39.8 Å². The Kier molecular flexibility index (Phi) is 7.36. The lowest BCUT2D eigenvalue weighted by Crippen LogP contribution is -2.07. The maximum atomic E-state index is 4.76. The van der Waals surface area contributed by atoms with Crippen molar-refractivity contribution in [3.05, 3.63) is 78.6 Å². The fraction of sp³-hybridized carbons (Fsp3) is 0.348. The Morgan fingerprint density at radius 2 is 1.14 bits per heavy atom. The van der Waals surface area contributed by atoms with E-state index >= 15 is 0 Å². The van der Waals surface area contributed by atoms with Crippen LogP contribution in [0.25, 0.3) is 0 Å². The van der Waals surface area contributed by atoms with Gasteiger partial charge in [-0.15, -0.1) is 0 Å². The van der Waals surface area contributed by atoms with Gasteiger partial charge in [-0.1, -0.05) is 6.07 Å². The van der Waals surface area contributed by atoms with Crippen LogP contribution in [0, 0.1) is 0 Å². The molecular formula is C23H29N5. The number of pyridine rings is 1. The van der Waals surface area contributed by atoms with Crippen molar-refractivity contribution in [1.29, 1.82) is 0 Å². The average molecular weight is 376 g/mol. The number of aryl methyl sites for hydroxylation is 2.